The molecule has 1 spiro atoms. The number of thioether (sulfide) groups is 1. The van der Waals surface area contributed by atoms with E-state index in [1.54, 1.807) is 27.3 Å². The lowest BCUT2D eigenvalue weighted by Gasteiger charge is -2.42. The predicted molar refractivity (Wildman–Crippen MR) is 102 cm³/mol. The Morgan fingerprint density at radius 3 is 2.77 bits per heavy atom. The molecule has 26 heavy (non-hydrogen) atoms. The number of allylic oxidation sites excluding steroid dienone is 3. The number of imidazole rings is 1. The molecule has 2 unspecified atom stereocenters. The molecule has 1 aromatic rings. The zero-order chi connectivity index (χ0) is 18.7. The summed E-state index contributed by atoms with van der Waals surface area (Å²) in [6.45, 7) is 5.72. The number of carbonyl (C=O) groups is 1. The molecule has 1 aliphatic carbocycles. The molecule has 3 aliphatic rings. The van der Waals surface area contributed by atoms with Gasteiger partial charge in [0.1, 0.15) is 22.7 Å². The van der Waals surface area contributed by atoms with Crippen LogP contribution in [0.15, 0.2) is 52.6 Å². The summed E-state index contributed by atoms with van der Waals surface area (Å²) in [6.07, 6.45) is 10.7. The van der Waals surface area contributed by atoms with Crippen molar-refractivity contribution in [3.8, 4) is 0 Å². The van der Waals surface area contributed by atoms with Crippen molar-refractivity contribution in [1.29, 1.82) is 0 Å². The summed E-state index contributed by atoms with van der Waals surface area (Å²) in [6, 6.07) is 0. The molecule has 4 rings (SSSR count). The van der Waals surface area contributed by atoms with Crippen LogP contribution in [-0.4, -0.2) is 34.4 Å². The number of nitrogens with zero attached hydrogens (tertiary/aromatic N) is 3. The highest BCUT2D eigenvalue weighted by atomic mass is 32.2. The number of aromatic nitrogens is 2. The van der Waals surface area contributed by atoms with Crippen LogP contribution in [0, 0.1) is 0 Å². The minimum Gasteiger partial charge on any atom is -0.496 e. The number of methoxy groups -OCH3 is 1. The lowest BCUT2D eigenvalue weighted by atomic mass is 9.78. The molecule has 6 nitrogen and oxygen atoms in total. The van der Waals surface area contributed by atoms with E-state index in [1.165, 1.54) is 17.3 Å². The maximum Gasteiger partial charge on any atom is 0.354 e. The number of ether oxygens (including phenoxy) is 1. The summed E-state index contributed by atoms with van der Waals surface area (Å²) in [4.78, 5) is 22.6. The largest absolute Gasteiger partial charge is 0.496 e. The fourth-order valence-corrected chi connectivity index (χ4v) is 5.26. The van der Waals surface area contributed by atoms with Crippen LogP contribution in [0.25, 0.3) is 5.70 Å². The van der Waals surface area contributed by atoms with Gasteiger partial charge in [-0.05, 0) is 43.3 Å². The van der Waals surface area contributed by atoms with Crippen molar-refractivity contribution in [1.82, 2.24) is 14.2 Å². The van der Waals surface area contributed by atoms with Gasteiger partial charge in [-0.25, -0.2) is 4.57 Å². The zero-order valence-corrected chi connectivity index (χ0v) is 16.4. The molecular weight excluding hydrogens is 350 g/mol. The number of carbonyl (C=O) groups excluding carboxylic acids is 1. The summed E-state index contributed by atoms with van der Waals surface area (Å²) in [5.41, 5.74) is 2.80. The van der Waals surface area contributed by atoms with E-state index in [0.29, 0.717) is 0 Å². The van der Waals surface area contributed by atoms with Gasteiger partial charge < -0.3 is 4.74 Å². The third-order valence-corrected chi connectivity index (χ3v) is 6.16. The second-order valence-electron chi connectivity index (χ2n) is 6.75. The fourth-order valence-electron chi connectivity index (χ4n) is 4.59. The fraction of sp³-hybridized carbons (Fsp3) is 0.368. The second-order valence-corrected chi connectivity index (χ2v) is 7.95. The molecule has 0 fully saturated rings. The van der Waals surface area contributed by atoms with Gasteiger partial charge in [-0.15, -0.1) is 0 Å². The molecular formula is C19H22N3O3S+. The Labute approximate surface area is 157 Å². The van der Waals surface area contributed by atoms with Crippen LogP contribution in [-0.2, 0) is 14.4 Å². The Hall–Kier alpha value is -2.09. The lowest BCUT2D eigenvalue weighted by molar-refractivity contribution is -0.118. The molecule has 136 valence electrons. The molecule has 2 aliphatic heterocycles. The maximum absolute atomic E-state index is 11.8. The summed E-state index contributed by atoms with van der Waals surface area (Å²) in [5.74, 6) is 1.64. The van der Waals surface area contributed by atoms with E-state index in [1.807, 2.05) is 12.3 Å². The molecule has 0 saturated heterocycles. The van der Waals surface area contributed by atoms with Crippen molar-refractivity contribution < 1.29 is 14.4 Å². The van der Waals surface area contributed by atoms with Crippen molar-refractivity contribution in [3.05, 3.63) is 47.5 Å². The van der Waals surface area contributed by atoms with Gasteiger partial charge in [0.15, 0.2) is 5.12 Å². The van der Waals surface area contributed by atoms with Gasteiger partial charge in [0, 0.05) is 18.9 Å². The second kappa shape index (κ2) is 5.70. The van der Waals surface area contributed by atoms with Gasteiger partial charge in [-0.1, -0.05) is 10.7 Å². The first-order valence-corrected chi connectivity index (χ1v) is 9.27. The molecule has 0 aromatic carbocycles. The minimum absolute atomic E-state index is 0.0226. The standard InChI is InChI=1S/C19H22N3O3S/c1-12-10-19-8-6-7-9-22(19,25-5)18-20-11-15(26-14(3)23)21(18)17(19)13(2)16(12)24-4/h6-9,11H,10H2,1-5H3/q+1. The first-order chi connectivity index (χ1) is 12.4. The van der Waals surface area contributed by atoms with E-state index in [9.17, 15) is 4.79 Å². The first kappa shape index (κ1) is 17.3. The molecule has 0 bridgehead atoms. The lowest BCUT2D eigenvalue weighted by Crippen LogP contribution is -2.60. The molecule has 0 saturated carbocycles. The van der Waals surface area contributed by atoms with Crippen LogP contribution < -0.4 is 4.65 Å². The van der Waals surface area contributed by atoms with Gasteiger partial charge in [-0.3, -0.25) is 4.79 Å². The van der Waals surface area contributed by atoms with Crippen molar-refractivity contribution >= 4 is 28.5 Å². The van der Waals surface area contributed by atoms with Gasteiger partial charge in [0.05, 0.1) is 20.4 Å². The van der Waals surface area contributed by atoms with Crippen LogP contribution >= 0.6 is 11.8 Å². The normalized spacial score (nSPS) is 29.0. The highest BCUT2D eigenvalue weighted by Gasteiger charge is 2.67. The summed E-state index contributed by atoms with van der Waals surface area (Å²) >= 11 is 1.19. The topological polar surface area (TPSA) is 53.4 Å². The van der Waals surface area contributed by atoms with E-state index in [0.717, 1.165) is 34.4 Å². The number of hydrogen-bond acceptors (Lipinski definition) is 5. The predicted octanol–water partition coefficient (Wildman–Crippen LogP) is 3.78. The number of hydroxylamine groups is 2. The van der Waals surface area contributed by atoms with Crippen LogP contribution in [0.2, 0.25) is 0 Å². The quantitative estimate of drug-likeness (QED) is 0.597. The third kappa shape index (κ3) is 1.91. The van der Waals surface area contributed by atoms with E-state index in [-0.39, 0.29) is 9.76 Å². The molecule has 0 amide bonds. The van der Waals surface area contributed by atoms with E-state index >= 15 is 0 Å². The average Bonchev–Trinajstić information content (AvgIpc) is 3.09. The number of rotatable bonds is 3. The maximum atomic E-state index is 11.8. The van der Waals surface area contributed by atoms with Crippen molar-refractivity contribution in [2.75, 3.05) is 14.2 Å². The van der Waals surface area contributed by atoms with E-state index in [4.69, 9.17) is 9.57 Å². The van der Waals surface area contributed by atoms with Crippen molar-refractivity contribution in [2.24, 2.45) is 0 Å². The van der Waals surface area contributed by atoms with E-state index < -0.39 is 5.54 Å². The molecule has 7 heteroatoms. The molecule has 0 N–H and O–H groups in total. The number of hydrogen-bond donors (Lipinski definition) is 0. The van der Waals surface area contributed by atoms with Crippen molar-refractivity contribution in [3.63, 3.8) is 0 Å². The number of quaternary nitrogens is 1. The van der Waals surface area contributed by atoms with E-state index in [2.05, 4.69) is 35.6 Å². The van der Waals surface area contributed by atoms with Crippen LogP contribution in [0.1, 0.15) is 27.2 Å². The van der Waals surface area contributed by atoms with Crippen LogP contribution in [0.5, 0.6) is 0 Å². The Morgan fingerprint density at radius 1 is 1.35 bits per heavy atom. The molecule has 3 heterocycles. The highest BCUT2D eigenvalue weighted by Crippen LogP contribution is 2.58. The van der Waals surface area contributed by atoms with Crippen molar-refractivity contribution in [2.45, 2.75) is 37.8 Å². The van der Waals surface area contributed by atoms with Gasteiger partial charge in [0.25, 0.3) is 0 Å². The third-order valence-electron chi connectivity index (χ3n) is 5.37. The Kier molecular flexibility index (Phi) is 3.80. The molecule has 2 atom stereocenters. The Balaban J connectivity index is 2.09. The minimum atomic E-state index is -0.463. The molecule has 0 radical (unpaired) electrons. The van der Waals surface area contributed by atoms with Crippen LogP contribution in [0.4, 0.5) is 5.95 Å². The summed E-state index contributed by atoms with van der Waals surface area (Å²) in [5, 5.41) is 0.816. The smallest absolute Gasteiger partial charge is 0.354 e. The Bertz CT molecular complexity index is 940. The average molecular weight is 372 g/mol. The van der Waals surface area contributed by atoms with Gasteiger partial charge >= 0.3 is 5.95 Å². The zero-order valence-electron chi connectivity index (χ0n) is 15.6. The Morgan fingerprint density at radius 2 is 2.12 bits per heavy atom. The summed E-state index contributed by atoms with van der Waals surface area (Å²) in [7, 11) is 3.40. The van der Waals surface area contributed by atoms with Gasteiger partial charge in [-0.2, -0.15) is 9.82 Å². The first-order valence-electron chi connectivity index (χ1n) is 8.46. The summed E-state index contributed by atoms with van der Waals surface area (Å²) < 4.78 is 7.91. The SMILES string of the molecule is COC1=C(C)CC23C=CC=C[N+]2(OC)c2ncc(SC(C)=O)n2C3=C1C. The van der Waals surface area contributed by atoms with Gasteiger partial charge in [0.2, 0.25) is 5.54 Å². The monoisotopic (exact) mass is 372 g/mol. The van der Waals surface area contributed by atoms with Crippen LogP contribution in [0.3, 0.4) is 0 Å². The number of fused-ring (bicyclic) bond motifs is 3. The highest BCUT2D eigenvalue weighted by molar-refractivity contribution is 8.13. The molecule has 1 aromatic heterocycles.